The lowest BCUT2D eigenvalue weighted by molar-refractivity contribution is 0.0559. The Labute approximate surface area is 129 Å². The van der Waals surface area contributed by atoms with Crippen LogP contribution < -0.4 is 0 Å². The average molecular weight is 361 g/mol. The molecule has 0 aliphatic rings. The number of aromatic nitrogens is 1. The molecule has 2 rings (SSSR count). The predicted octanol–water partition coefficient (Wildman–Crippen LogP) is 3.69. The summed E-state index contributed by atoms with van der Waals surface area (Å²) < 4.78 is 15.9. The number of esters is 1. The molecule has 0 aliphatic carbocycles. The standard InChI is InChI=1S/C13H11BrClNO4/c1-18-6-10-11(13(17)19-2)20-12(16-10)8-5-7(14)3-4-9(8)15/h3-5H,6H2,1-2H3. The second kappa shape index (κ2) is 6.39. The van der Waals surface area contributed by atoms with Crippen LogP contribution in [0.1, 0.15) is 16.2 Å². The number of nitrogens with zero attached hydrogens (tertiary/aromatic N) is 1. The van der Waals surface area contributed by atoms with E-state index < -0.39 is 5.97 Å². The van der Waals surface area contributed by atoms with Crippen molar-refractivity contribution in [1.82, 2.24) is 4.98 Å². The molecule has 0 bridgehead atoms. The van der Waals surface area contributed by atoms with E-state index in [1.807, 2.05) is 0 Å². The van der Waals surface area contributed by atoms with E-state index in [0.717, 1.165) is 4.47 Å². The number of oxazole rings is 1. The van der Waals surface area contributed by atoms with Crippen molar-refractivity contribution in [2.45, 2.75) is 6.61 Å². The Bertz CT molecular complexity index is 641. The lowest BCUT2D eigenvalue weighted by Crippen LogP contribution is -2.04. The molecule has 106 valence electrons. The van der Waals surface area contributed by atoms with Gasteiger partial charge in [-0.1, -0.05) is 27.5 Å². The summed E-state index contributed by atoms with van der Waals surface area (Å²) in [4.78, 5) is 15.9. The zero-order valence-electron chi connectivity index (χ0n) is 10.8. The van der Waals surface area contributed by atoms with Gasteiger partial charge < -0.3 is 13.9 Å². The molecule has 0 saturated carbocycles. The fraction of sp³-hybridized carbons (Fsp3) is 0.231. The van der Waals surface area contributed by atoms with E-state index in [-0.39, 0.29) is 18.3 Å². The van der Waals surface area contributed by atoms with Crippen molar-refractivity contribution >= 4 is 33.5 Å². The molecule has 20 heavy (non-hydrogen) atoms. The fourth-order valence-corrected chi connectivity index (χ4v) is 2.17. The minimum Gasteiger partial charge on any atom is -0.463 e. The molecule has 0 atom stereocenters. The van der Waals surface area contributed by atoms with Crippen LogP contribution in [-0.2, 0) is 16.1 Å². The number of carbonyl (C=O) groups excluding carboxylic acids is 1. The second-order valence-electron chi connectivity index (χ2n) is 3.84. The summed E-state index contributed by atoms with van der Waals surface area (Å²) in [5.41, 5.74) is 0.943. The highest BCUT2D eigenvalue weighted by Gasteiger charge is 2.22. The predicted molar refractivity (Wildman–Crippen MR) is 76.7 cm³/mol. The molecule has 0 unspecified atom stereocenters. The molecule has 0 amide bonds. The number of hydrogen-bond donors (Lipinski definition) is 0. The van der Waals surface area contributed by atoms with Crippen LogP contribution in [0.25, 0.3) is 11.5 Å². The van der Waals surface area contributed by atoms with Crippen LogP contribution in [0.3, 0.4) is 0 Å². The van der Waals surface area contributed by atoms with E-state index in [0.29, 0.717) is 16.3 Å². The van der Waals surface area contributed by atoms with Gasteiger partial charge in [0.2, 0.25) is 11.7 Å². The number of rotatable bonds is 4. The van der Waals surface area contributed by atoms with Gasteiger partial charge in [-0.25, -0.2) is 9.78 Å². The molecule has 1 heterocycles. The first kappa shape index (κ1) is 15.0. The van der Waals surface area contributed by atoms with Crippen LogP contribution in [0.5, 0.6) is 0 Å². The highest BCUT2D eigenvalue weighted by atomic mass is 79.9. The lowest BCUT2D eigenvalue weighted by atomic mass is 10.2. The lowest BCUT2D eigenvalue weighted by Gasteiger charge is -1.99. The summed E-state index contributed by atoms with van der Waals surface area (Å²) in [6.07, 6.45) is 0. The molecule has 2 aromatic rings. The van der Waals surface area contributed by atoms with Crippen molar-refractivity contribution in [2.75, 3.05) is 14.2 Å². The Hall–Kier alpha value is -1.37. The van der Waals surface area contributed by atoms with Crippen LogP contribution in [0.4, 0.5) is 0 Å². The van der Waals surface area contributed by atoms with Gasteiger partial charge >= 0.3 is 5.97 Å². The van der Waals surface area contributed by atoms with Gasteiger partial charge in [-0.3, -0.25) is 0 Å². The van der Waals surface area contributed by atoms with Crippen LogP contribution in [0, 0.1) is 0 Å². The first-order valence-electron chi connectivity index (χ1n) is 5.59. The molecule has 0 fully saturated rings. The van der Waals surface area contributed by atoms with Crippen molar-refractivity contribution in [2.24, 2.45) is 0 Å². The zero-order valence-corrected chi connectivity index (χ0v) is 13.1. The van der Waals surface area contributed by atoms with Gasteiger partial charge in [-0.2, -0.15) is 0 Å². The fourth-order valence-electron chi connectivity index (χ4n) is 1.62. The molecule has 1 aromatic heterocycles. The van der Waals surface area contributed by atoms with Crippen molar-refractivity contribution in [3.05, 3.63) is 39.1 Å². The van der Waals surface area contributed by atoms with Crippen LogP contribution >= 0.6 is 27.5 Å². The molecule has 0 aliphatic heterocycles. The molecule has 0 N–H and O–H groups in total. The quantitative estimate of drug-likeness (QED) is 0.778. The summed E-state index contributed by atoms with van der Waals surface area (Å²) in [6.45, 7) is 0.138. The molecule has 7 heteroatoms. The Morgan fingerprint density at radius 3 is 2.85 bits per heavy atom. The number of carbonyl (C=O) groups is 1. The SMILES string of the molecule is COCc1nc(-c2cc(Br)ccc2Cl)oc1C(=O)OC. The Balaban J connectivity index is 2.52. The number of benzene rings is 1. The maximum atomic E-state index is 11.7. The first-order chi connectivity index (χ1) is 9.56. The Morgan fingerprint density at radius 1 is 1.45 bits per heavy atom. The molecule has 0 radical (unpaired) electrons. The van der Waals surface area contributed by atoms with Gasteiger partial charge in [0.05, 0.1) is 24.3 Å². The third-order valence-corrected chi connectivity index (χ3v) is 3.33. The summed E-state index contributed by atoms with van der Waals surface area (Å²) in [5, 5.41) is 0.467. The van der Waals surface area contributed by atoms with E-state index >= 15 is 0 Å². The van der Waals surface area contributed by atoms with Crippen molar-refractivity contribution in [3.63, 3.8) is 0 Å². The third-order valence-electron chi connectivity index (χ3n) is 2.51. The van der Waals surface area contributed by atoms with E-state index in [4.69, 9.17) is 20.8 Å². The Morgan fingerprint density at radius 2 is 2.20 bits per heavy atom. The van der Waals surface area contributed by atoms with Crippen LogP contribution in [-0.4, -0.2) is 25.2 Å². The highest BCUT2D eigenvalue weighted by Crippen LogP contribution is 2.31. The maximum absolute atomic E-state index is 11.7. The number of ether oxygens (including phenoxy) is 2. The maximum Gasteiger partial charge on any atom is 0.376 e. The summed E-state index contributed by atoms with van der Waals surface area (Å²) in [6, 6.07) is 5.26. The monoisotopic (exact) mass is 359 g/mol. The largest absolute Gasteiger partial charge is 0.463 e. The van der Waals surface area contributed by atoms with E-state index in [2.05, 4.69) is 25.7 Å². The smallest absolute Gasteiger partial charge is 0.376 e. The molecule has 5 nitrogen and oxygen atoms in total. The summed E-state index contributed by atoms with van der Waals surface area (Å²) in [7, 11) is 2.77. The minimum absolute atomic E-state index is 0.0143. The van der Waals surface area contributed by atoms with Gasteiger partial charge in [-0.05, 0) is 18.2 Å². The van der Waals surface area contributed by atoms with Crippen LogP contribution in [0.2, 0.25) is 5.02 Å². The van der Waals surface area contributed by atoms with Crippen molar-refractivity contribution < 1.29 is 18.7 Å². The first-order valence-corrected chi connectivity index (χ1v) is 6.76. The van der Waals surface area contributed by atoms with Gasteiger partial charge in [0, 0.05) is 11.6 Å². The summed E-state index contributed by atoms with van der Waals surface area (Å²) >= 11 is 9.46. The van der Waals surface area contributed by atoms with E-state index in [9.17, 15) is 4.79 Å². The molecule has 0 saturated heterocycles. The molecule has 1 aromatic carbocycles. The minimum atomic E-state index is -0.609. The number of methoxy groups -OCH3 is 2. The van der Waals surface area contributed by atoms with Gasteiger partial charge in [0.1, 0.15) is 5.69 Å². The van der Waals surface area contributed by atoms with Gasteiger partial charge in [0.15, 0.2) is 0 Å². The molecular weight excluding hydrogens is 350 g/mol. The van der Waals surface area contributed by atoms with Crippen molar-refractivity contribution in [3.8, 4) is 11.5 Å². The zero-order chi connectivity index (χ0) is 14.7. The normalized spacial score (nSPS) is 10.6. The van der Waals surface area contributed by atoms with E-state index in [1.165, 1.54) is 14.2 Å². The average Bonchev–Trinajstić information content (AvgIpc) is 2.85. The Kier molecular flexibility index (Phi) is 4.80. The number of hydrogen-bond acceptors (Lipinski definition) is 5. The second-order valence-corrected chi connectivity index (χ2v) is 5.17. The van der Waals surface area contributed by atoms with Gasteiger partial charge in [-0.15, -0.1) is 0 Å². The topological polar surface area (TPSA) is 61.6 Å². The van der Waals surface area contributed by atoms with Crippen molar-refractivity contribution in [1.29, 1.82) is 0 Å². The van der Waals surface area contributed by atoms with Gasteiger partial charge in [0.25, 0.3) is 0 Å². The van der Waals surface area contributed by atoms with E-state index in [1.54, 1.807) is 18.2 Å². The highest BCUT2D eigenvalue weighted by molar-refractivity contribution is 9.10. The third kappa shape index (κ3) is 3.03. The molecular formula is C13H11BrClNO4. The molecule has 0 spiro atoms. The van der Waals surface area contributed by atoms with Crippen LogP contribution in [0.15, 0.2) is 27.1 Å². The summed E-state index contributed by atoms with van der Waals surface area (Å²) in [5.74, 6) is -0.355. The number of halogens is 2.